The Morgan fingerprint density at radius 3 is 2.84 bits per heavy atom. The number of carboxylic acid groups (broad SMARTS) is 1. The minimum Gasteiger partial charge on any atom is -0.480 e. The van der Waals surface area contributed by atoms with Crippen LogP contribution in [0.4, 0.5) is 5.82 Å². The van der Waals surface area contributed by atoms with Crippen LogP contribution >= 0.6 is 12.4 Å². The van der Waals surface area contributed by atoms with Gasteiger partial charge in [0, 0.05) is 6.54 Å². The normalized spacial score (nSPS) is 11.6. The summed E-state index contributed by atoms with van der Waals surface area (Å²) in [4.78, 5) is 20.7. The van der Waals surface area contributed by atoms with Crippen molar-refractivity contribution in [3.63, 3.8) is 0 Å². The van der Waals surface area contributed by atoms with E-state index in [2.05, 4.69) is 10.4 Å². The minimum atomic E-state index is -0.886. The molecule has 1 aromatic heterocycles. The van der Waals surface area contributed by atoms with Crippen LogP contribution in [0.25, 0.3) is 0 Å². The van der Waals surface area contributed by atoms with Gasteiger partial charge < -0.3 is 20.5 Å². The topological polar surface area (TPSA) is 110 Å². The summed E-state index contributed by atoms with van der Waals surface area (Å²) < 4.78 is 1.41. The van der Waals surface area contributed by atoms with E-state index in [-0.39, 0.29) is 18.2 Å². The lowest BCUT2D eigenvalue weighted by molar-refractivity contribution is -0.389. The van der Waals surface area contributed by atoms with E-state index >= 15 is 0 Å². The molecule has 0 aliphatic carbocycles. The van der Waals surface area contributed by atoms with Crippen LogP contribution < -0.4 is 5.32 Å². The van der Waals surface area contributed by atoms with Crippen LogP contribution in [-0.4, -0.2) is 38.4 Å². The predicted molar refractivity (Wildman–Crippen MR) is 70.5 cm³/mol. The summed E-state index contributed by atoms with van der Waals surface area (Å²) in [6.45, 7) is 2.70. The van der Waals surface area contributed by atoms with E-state index in [1.807, 2.05) is 6.92 Å². The van der Waals surface area contributed by atoms with Crippen molar-refractivity contribution < 1.29 is 14.8 Å². The first-order chi connectivity index (χ1) is 8.54. The molecule has 9 heteroatoms. The van der Waals surface area contributed by atoms with E-state index in [9.17, 15) is 14.9 Å². The molecule has 1 heterocycles. The smallest absolute Gasteiger partial charge is 0.389 e. The summed E-state index contributed by atoms with van der Waals surface area (Å²) in [5.41, 5.74) is 0. The summed E-state index contributed by atoms with van der Waals surface area (Å²) in [6, 6.07) is 0.723. The van der Waals surface area contributed by atoms with Gasteiger partial charge in [0.2, 0.25) is 0 Å². The Bertz CT molecular complexity index is 423. The van der Waals surface area contributed by atoms with Gasteiger partial charge in [-0.2, -0.15) is 4.68 Å². The van der Waals surface area contributed by atoms with E-state index in [4.69, 9.17) is 5.11 Å². The van der Waals surface area contributed by atoms with Crippen molar-refractivity contribution in [2.45, 2.75) is 32.4 Å². The van der Waals surface area contributed by atoms with Gasteiger partial charge in [0.25, 0.3) is 0 Å². The monoisotopic (exact) mass is 292 g/mol. The van der Waals surface area contributed by atoms with E-state index in [1.54, 1.807) is 0 Å². The van der Waals surface area contributed by atoms with Crippen molar-refractivity contribution >= 4 is 24.2 Å². The maximum atomic E-state index is 10.9. The number of nitrogens with zero attached hydrogens (tertiary/aromatic N) is 3. The van der Waals surface area contributed by atoms with Gasteiger partial charge in [0.15, 0.2) is 0 Å². The first-order valence-corrected chi connectivity index (χ1v) is 5.68. The van der Waals surface area contributed by atoms with Crippen LogP contribution in [0.3, 0.4) is 0 Å². The maximum Gasteiger partial charge on any atom is 0.389 e. The van der Waals surface area contributed by atoms with E-state index < -0.39 is 16.9 Å². The number of hydrogen-bond acceptors (Lipinski definition) is 5. The molecule has 0 radical (unpaired) electrons. The van der Waals surface area contributed by atoms with Crippen LogP contribution in [0, 0.1) is 10.1 Å². The molecule has 1 atom stereocenters. The fourth-order valence-corrected chi connectivity index (χ4v) is 1.53. The predicted octanol–water partition coefficient (Wildman–Crippen LogP) is 1.06. The first-order valence-electron chi connectivity index (χ1n) is 5.68. The molecule has 2 N–H and O–H groups in total. The molecule has 0 bridgehead atoms. The molecule has 0 saturated carbocycles. The molecule has 0 saturated heterocycles. The number of nitro groups is 1. The number of carbonyl (C=O) groups is 1. The van der Waals surface area contributed by atoms with Crippen molar-refractivity contribution in [1.29, 1.82) is 0 Å². The Morgan fingerprint density at radius 2 is 2.37 bits per heavy atom. The number of nitrogens with one attached hydrogen (secondary N) is 1. The molecule has 0 amide bonds. The SMILES string of the molecule is CCCC(NCCn1ccc([N+](=O)[O-])n1)C(=O)O.Cl. The molecule has 108 valence electrons. The van der Waals surface area contributed by atoms with Crippen LogP contribution in [0.1, 0.15) is 19.8 Å². The zero-order valence-electron chi connectivity index (χ0n) is 10.5. The van der Waals surface area contributed by atoms with Crippen molar-refractivity contribution in [3.05, 3.63) is 22.4 Å². The van der Waals surface area contributed by atoms with Crippen molar-refractivity contribution in [2.75, 3.05) is 6.54 Å². The van der Waals surface area contributed by atoms with Gasteiger partial charge >= 0.3 is 11.8 Å². The lowest BCUT2D eigenvalue weighted by Gasteiger charge is -2.12. The van der Waals surface area contributed by atoms with Gasteiger partial charge in [0.1, 0.15) is 6.04 Å². The molecule has 1 rings (SSSR count). The number of hydrogen-bond donors (Lipinski definition) is 2. The standard InChI is InChI=1S/C10H16N4O4.ClH/c1-2-3-8(10(15)16)11-5-7-13-6-4-9(12-13)14(17)18;/h4,6,8,11H,2-3,5,7H2,1H3,(H,15,16);1H. The Morgan fingerprint density at radius 1 is 1.68 bits per heavy atom. The largest absolute Gasteiger partial charge is 0.480 e. The summed E-state index contributed by atoms with van der Waals surface area (Å²) in [7, 11) is 0. The summed E-state index contributed by atoms with van der Waals surface area (Å²) in [5, 5.41) is 25.9. The van der Waals surface area contributed by atoms with Gasteiger partial charge in [-0.1, -0.05) is 13.3 Å². The third-order valence-corrected chi connectivity index (χ3v) is 2.42. The molecular weight excluding hydrogens is 276 g/mol. The zero-order chi connectivity index (χ0) is 13.5. The quantitative estimate of drug-likeness (QED) is 0.547. The zero-order valence-corrected chi connectivity index (χ0v) is 11.3. The van der Waals surface area contributed by atoms with Crippen molar-refractivity contribution in [2.24, 2.45) is 0 Å². The van der Waals surface area contributed by atoms with Gasteiger partial charge in [-0.3, -0.25) is 4.79 Å². The second-order valence-corrected chi connectivity index (χ2v) is 3.83. The molecule has 0 fully saturated rings. The molecule has 0 aliphatic heterocycles. The summed E-state index contributed by atoms with van der Waals surface area (Å²) in [5.74, 6) is -1.10. The lowest BCUT2D eigenvalue weighted by Crippen LogP contribution is -2.38. The lowest BCUT2D eigenvalue weighted by atomic mass is 10.2. The van der Waals surface area contributed by atoms with Gasteiger partial charge in [-0.25, -0.2) is 0 Å². The third-order valence-electron chi connectivity index (χ3n) is 2.42. The van der Waals surface area contributed by atoms with E-state index in [1.165, 1.54) is 16.9 Å². The second kappa shape index (κ2) is 8.44. The average Bonchev–Trinajstić information content (AvgIpc) is 2.76. The van der Waals surface area contributed by atoms with Crippen molar-refractivity contribution in [1.82, 2.24) is 15.1 Å². The van der Waals surface area contributed by atoms with E-state index in [0.717, 1.165) is 6.42 Å². The molecule has 0 spiro atoms. The van der Waals surface area contributed by atoms with E-state index in [0.29, 0.717) is 19.5 Å². The fourth-order valence-electron chi connectivity index (χ4n) is 1.53. The maximum absolute atomic E-state index is 10.9. The van der Waals surface area contributed by atoms with Crippen molar-refractivity contribution in [3.8, 4) is 0 Å². The second-order valence-electron chi connectivity index (χ2n) is 3.83. The third kappa shape index (κ3) is 5.66. The highest BCUT2D eigenvalue weighted by atomic mass is 35.5. The number of rotatable bonds is 8. The molecule has 0 aromatic carbocycles. The van der Waals surface area contributed by atoms with Crippen LogP contribution in [0.15, 0.2) is 12.3 Å². The highest BCUT2D eigenvalue weighted by Crippen LogP contribution is 2.04. The number of aromatic nitrogens is 2. The molecule has 1 aromatic rings. The number of aliphatic carboxylic acids is 1. The number of halogens is 1. The van der Waals surface area contributed by atoms with Crippen LogP contribution in [0.2, 0.25) is 0 Å². The Labute approximate surface area is 116 Å². The summed E-state index contributed by atoms with van der Waals surface area (Å²) in [6.07, 6.45) is 2.82. The van der Waals surface area contributed by atoms with Gasteiger partial charge in [-0.15, -0.1) is 12.4 Å². The summed E-state index contributed by atoms with van der Waals surface area (Å²) >= 11 is 0. The minimum absolute atomic E-state index is 0. The highest BCUT2D eigenvalue weighted by Gasteiger charge is 2.15. The Balaban J connectivity index is 0.00000324. The average molecular weight is 293 g/mol. The number of carboxylic acids is 1. The van der Waals surface area contributed by atoms with Gasteiger partial charge in [0.05, 0.1) is 23.9 Å². The molecule has 8 nitrogen and oxygen atoms in total. The molecule has 1 unspecified atom stereocenters. The fraction of sp³-hybridized carbons (Fsp3) is 0.600. The Kier molecular flexibility index (Phi) is 7.69. The molecular formula is C10H17ClN4O4. The Hall–Kier alpha value is -1.67. The van der Waals surface area contributed by atoms with Crippen LogP contribution in [0.5, 0.6) is 0 Å². The van der Waals surface area contributed by atoms with Crippen LogP contribution in [-0.2, 0) is 11.3 Å². The molecule has 19 heavy (non-hydrogen) atoms. The highest BCUT2D eigenvalue weighted by molar-refractivity contribution is 5.85. The molecule has 0 aliphatic rings. The first kappa shape index (κ1) is 17.3. The van der Waals surface area contributed by atoms with Gasteiger partial charge in [-0.05, 0) is 11.3 Å².